The number of hydrogen-bond acceptors (Lipinski definition) is 1. The van der Waals surface area contributed by atoms with E-state index in [2.05, 4.69) is 31.0 Å². The van der Waals surface area contributed by atoms with Gasteiger partial charge in [-0.2, -0.15) is 0 Å². The molecule has 1 rings (SSSR count). The molecule has 0 amide bonds. The summed E-state index contributed by atoms with van der Waals surface area (Å²) >= 11 is 0. The summed E-state index contributed by atoms with van der Waals surface area (Å²) in [5, 5.41) is 0. The maximum atomic E-state index is 4.50. The van der Waals surface area contributed by atoms with Crippen molar-refractivity contribution in [2.75, 3.05) is 0 Å². The molecule has 0 atom stereocenters. The van der Waals surface area contributed by atoms with Crippen LogP contribution in [-0.2, 0) is 12.8 Å². The second-order valence-corrected chi connectivity index (χ2v) is 4.17. The first kappa shape index (κ1) is 12.2. The van der Waals surface area contributed by atoms with Crippen molar-refractivity contribution in [3.63, 3.8) is 0 Å². The molecule has 0 aliphatic heterocycles. The maximum Gasteiger partial charge on any atom is 0.0435 e. The number of rotatable bonds is 7. The molecular formula is C14H23N. The predicted octanol–water partition coefficient (Wildman–Crippen LogP) is 4.16. The van der Waals surface area contributed by atoms with Crippen LogP contribution in [0.2, 0.25) is 0 Å². The molecule has 15 heavy (non-hydrogen) atoms. The third-order valence-corrected chi connectivity index (χ3v) is 2.80. The smallest absolute Gasteiger partial charge is 0.0435 e. The van der Waals surface area contributed by atoms with Gasteiger partial charge in [0, 0.05) is 11.9 Å². The Balaban J connectivity index is 2.52. The lowest BCUT2D eigenvalue weighted by Gasteiger charge is -2.07. The molecule has 0 unspecified atom stereocenters. The standard InChI is InChI=1S/C14H23N/c1-3-5-7-11-14-13(9-6-4-2)10-8-12-15-14/h8,10,12H,3-7,9,11H2,1-2H3. The van der Waals surface area contributed by atoms with Crippen molar-refractivity contribution in [3.8, 4) is 0 Å². The molecule has 0 fully saturated rings. The summed E-state index contributed by atoms with van der Waals surface area (Å²) in [6, 6.07) is 4.30. The monoisotopic (exact) mass is 205 g/mol. The Morgan fingerprint density at radius 1 is 1.00 bits per heavy atom. The quantitative estimate of drug-likeness (QED) is 0.609. The molecule has 0 radical (unpaired) electrons. The summed E-state index contributed by atoms with van der Waals surface area (Å²) in [5.74, 6) is 0. The van der Waals surface area contributed by atoms with Crippen LogP contribution in [0.5, 0.6) is 0 Å². The van der Waals surface area contributed by atoms with E-state index >= 15 is 0 Å². The molecule has 0 bridgehead atoms. The van der Waals surface area contributed by atoms with E-state index in [1.165, 1.54) is 49.8 Å². The number of nitrogens with zero attached hydrogens (tertiary/aromatic N) is 1. The number of pyridine rings is 1. The number of aromatic nitrogens is 1. The van der Waals surface area contributed by atoms with Gasteiger partial charge in [0.1, 0.15) is 0 Å². The van der Waals surface area contributed by atoms with E-state index in [1.807, 2.05) is 6.20 Å². The van der Waals surface area contributed by atoms with Gasteiger partial charge in [-0.25, -0.2) is 0 Å². The van der Waals surface area contributed by atoms with Gasteiger partial charge in [0.2, 0.25) is 0 Å². The van der Waals surface area contributed by atoms with E-state index < -0.39 is 0 Å². The fourth-order valence-electron chi connectivity index (χ4n) is 1.83. The highest BCUT2D eigenvalue weighted by Crippen LogP contribution is 2.12. The Labute approximate surface area is 93.9 Å². The van der Waals surface area contributed by atoms with E-state index in [1.54, 1.807) is 0 Å². The maximum absolute atomic E-state index is 4.50. The van der Waals surface area contributed by atoms with E-state index in [4.69, 9.17) is 0 Å². The Morgan fingerprint density at radius 2 is 1.80 bits per heavy atom. The van der Waals surface area contributed by atoms with E-state index in [-0.39, 0.29) is 0 Å². The lowest BCUT2D eigenvalue weighted by atomic mass is 10.0. The highest BCUT2D eigenvalue weighted by atomic mass is 14.7. The Hall–Kier alpha value is -0.850. The van der Waals surface area contributed by atoms with Crippen molar-refractivity contribution < 1.29 is 0 Å². The van der Waals surface area contributed by atoms with E-state index in [9.17, 15) is 0 Å². The molecule has 1 nitrogen and oxygen atoms in total. The lowest BCUT2D eigenvalue weighted by molar-refractivity contribution is 0.695. The van der Waals surface area contributed by atoms with Crippen LogP contribution in [0.4, 0.5) is 0 Å². The second-order valence-electron chi connectivity index (χ2n) is 4.17. The normalized spacial score (nSPS) is 10.5. The molecule has 0 spiro atoms. The molecule has 0 N–H and O–H groups in total. The van der Waals surface area contributed by atoms with Crippen molar-refractivity contribution >= 4 is 0 Å². The Bertz CT molecular complexity index is 268. The number of aryl methyl sites for hydroxylation is 2. The topological polar surface area (TPSA) is 12.9 Å². The van der Waals surface area contributed by atoms with Gasteiger partial charge in [-0.1, -0.05) is 39.2 Å². The summed E-state index contributed by atoms with van der Waals surface area (Å²) in [5.41, 5.74) is 2.80. The lowest BCUT2D eigenvalue weighted by Crippen LogP contribution is -1.97. The summed E-state index contributed by atoms with van der Waals surface area (Å²) in [6.07, 6.45) is 10.7. The minimum atomic E-state index is 1.16. The highest BCUT2D eigenvalue weighted by molar-refractivity contribution is 5.20. The zero-order chi connectivity index (χ0) is 10.9. The molecule has 84 valence electrons. The van der Waals surface area contributed by atoms with Gasteiger partial charge in [0.15, 0.2) is 0 Å². The summed E-state index contributed by atoms with van der Waals surface area (Å²) in [7, 11) is 0. The Morgan fingerprint density at radius 3 is 2.53 bits per heavy atom. The molecule has 0 aliphatic rings. The first-order valence-corrected chi connectivity index (χ1v) is 6.31. The zero-order valence-electron chi connectivity index (χ0n) is 10.1. The fraction of sp³-hybridized carbons (Fsp3) is 0.643. The van der Waals surface area contributed by atoms with Crippen LogP contribution in [-0.4, -0.2) is 4.98 Å². The van der Waals surface area contributed by atoms with Crippen LogP contribution in [0.3, 0.4) is 0 Å². The average molecular weight is 205 g/mol. The van der Waals surface area contributed by atoms with Gasteiger partial charge in [-0.3, -0.25) is 4.98 Å². The second kappa shape index (κ2) is 7.44. The summed E-state index contributed by atoms with van der Waals surface area (Å²) in [4.78, 5) is 4.50. The average Bonchev–Trinajstić information content (AvgIpc) is 2.28. The van der Waals surface area contributed by atoms with Crippen molar-refractivity contribution in [2.45, 2.75) is 58.8 Å². The summed E-state index contributed by atoms with van der Waals surface area (Å²) in [6.45, 7) is 4.49. The summed E-state index contributed by atoms with van der Waals surface area (Å²) < 4.78 is 0. The van der Waals surface area contributed by atoms with Gasteiger partial charge in [-0.15, -0.1) is 0 Å². The van der Waals surface area contributed by atoms with Crippen LogP contribution < -0.4 is 0 Å². The van der Waals surface area contributed by atoms with Crippen LogP contribution in [0, 0.1) is 0 Å². The van der Waals surface area contributed by atoms with Crippen molar-refractivity contribution in [3.05, 3.63) is 29.6 Å². The Kier molecular flexibility index (Phi) is 6.06. The van der Waals surface area contributed by atoms with Crippen molar-refractivity contribution in [2.24, 2.45) is 0 Å². The highest BCUT2D eigenvalue weighted by Gasteiger charge is 2.02. The van der Waals surface area contributed by atoms with Crippen LogP contribution in [0.25, 0.3) is 0 Å². The van der Waals surface area contributed by atoms with Gasteiger partial charge in [0.25, 0.3) is 0 Å². The largest absolute Gasteiger partial charge is 0.261 e. The van der Waals surface area contributed by atoms with Crippen LogP contribution in [0.15, 0.2) is 18.3 Å². The molecule has 1 heteroatoms. The van der Waals surface area contributed by atoms with Gasteiger partial charge < -0.3 is 0 Å². The molecule has 0 saturated heterocycles. The molecule has 1 heterocycles. The molecule has 1 aromatic heterocycles. The molecular weight excluding hydrogens is 182 g/mol. The fourth-order valence-corrected chi connectivity index (χ4v) is 1.83. The van der Waals surface area contributed by atoms with Gasteiger partial charge in [-0.05, 0) is 37.3 Å². The molecule has 0 aliphatic carbocycles. The minimum absolute atomic E-state index is 1.16. The van der Waals surface area contributed by atoms with Crippen LogP contribution >= 0.6 is 0 Å². The molecule has 1 aromatic rings. The SMILES string of the molecule is CCCCCc1ncccc1CCCC. The number of hydrogen-bond donors (Lipinski definition) is 0. The van der Waals surface area contributed by atoms with Crippen molar-refractivity contribution in [1.82, 2.24) is 4.98 Å². The molecule has 0 aromatic carbocycles. The first-order valence-electron chi connectivity index (χ1n) is 6.31. The van der Waals surface area contributed by atoms with E-state index in [0.29, 0.717) is 0 Å². The minimum Gasteiger partial charge on any atom is -0.261 e. The van der Waals surface area contributed by atoms with Crippen LogP contribution in [0.1, 0.15) is 57.2 Å². The van der Waals surface area contributed by atoms with Gasteiger partial charge in [0.05, 0.1) is 0 Å². The third kappa shape index (κ3) is 4.46. The van der Waals surface area contributed by atoms with Gasteiger partial charge >= 0.3 is 0 Å². The van der Waals surface area contributed by atoms with Crippen molar-refractivity contribution in [1.29, 1.82) is 0 Å². The number of unbranched alkanes of at least 4 members (excludes halogenated alkanes) is 3. The third-order valence-electron chi connectivity index (χ3n) is 2.80. The zero-order valence-corrected chi connectivity index (χ0v) is 10.1. The molecule has 0 saturated carbocycles. The predicted molar refractivity (Wildman–Crippen MR) is 66.1 cm³/mol. The van der Waals surface area contributed by atoms with E-state index in [0.717, 1.165) is 6.42 Å². The first-order chi connectivity index (χ1) is 7.38.